The molecule has 0 aliphatic rings. The fraction of sp³-hybridized carbons (Fsp3) is 0.304. The van der Waals surface area contributed by atoms with Crippen molar-refractivity contribution >= 4 is 40.2 Å². The molecule has 168 valence electrons. The van der Waals surface area contributed by atoms with Crippen molar-refractivity contribution in [2.45, 2.75) is 25.0 Å². The van der Waals surface area contributed by atoms with Crippen molar-refractivity contribution in [1.82, 2.24) is 9.55 Å². The first kappa shape index (κ1) is 23.5. The highest BCUT2D eigenvalue weighted by Gasteiger charge is 2.16. The third kappa shape index (κ3) is 5.74. The van der Waals surface area contributed by atoms with Gasteiger partial charge in [-0.3, -0.25) is 14.2 Å². The number of carbonyl (C=O) groups excluding carboxylic acids is 2. The highest BCUT2D eigenvalue weighted by atomic mass is 32.2. The number of amides is 1. The number of carbonyl (C=O) groups is 2. The molecular formula is C23H25N3O5S. The first-order valence-corrected chi connectivity index (χ1v) is 11.2. The monoisotopic (exact) mass is 455 g/mol. The van der Waals surface area contributed by atoms with Crippen LogP contribution in [0.3, 0.4) is 0 Å². The molecule has 0 radical (unpaired) electrons. The molecule has 1 heterocycles. The van der Waals surface area contributed by atoms with Crippen LogP contribution in [-0.2, 0) is 20.8 Å². The summed E-state index contributed by atoms with van der Waals surface area (Å²) in [5, 5.41) is 3.72. The lowest BCUT2D eigenvalue weighted by atomic mass is 10.2. The van der Waals surface area contributed by atoms with Crippen molar-refractivity contribution in [2.24, 2.45) is 0 Å². The second-order valence-electron chi connectivity index (χ2n) is 6.79. The van der Waals surface area contributed by atoms with Crippen molar-refractivity contribution in [1.29, 1.82) is 0 Å². The van der Waals surface area contributed by atoms with Crippen LogP contribution in [0.1, 0.15) is 23.7 Å². The Bertz CT molecular complexity index is 1160. The zero-order valence-corrected chi connectivity index (χ0v) is 18.8. The topological polar surface area (TPSA) is 99.5 Å². The van der Waals surface area contributed by atoms with Crippen LogP contribution in [0, 0.1) is 0 Å². The number of ether oxygens (including phenoxy) is 2. The van der Waals surface area contributed by atoms with Gasteiger partial charge in [0, 0.05) is 19.8 Å². The molecule has 2 aromatic carbocycles. The highest BCUT2D eigenvalue weighted by Crippen LogP contribution is 2.20. The molecule has 0 spiro atoms. The Labute approximate surface area is 189 Å². The number of hydrogen-bond acceptors (Lipinski definition) is 7. The van der Waals surface area contributed by atoms with Crippen LogP contribution in [-0.4, -0.2) is 47.5 Å². The number of thioether (sulfide) groups is 1. The van der Waals surface area contributed by atoms with Gasteiger partial charge in [-0.25, -0.2) is 9.78 Å². The molecule has 8 nitrogen and oxygen atoms in total. The molecule has 0 aliphatic heterocycles. The molecule has 1 aromatic heterocycles. The van der Waals surface area contributed by atoms with Crippen molar-refractivity contribution in [3.63, 3.8) is 0 Å². The van der Waals surface area contributed by atoms with E-state index in [9.17, 15) is 14.4 Å². The summed E-state index contributed by atoms with van der Waals surface area (Å²) in [6, 6.07) is 13.8. The summed E-state index contributed by atoms with van der Waals surface area (Å²) in [7, 11) is 1.28. The number of rotatable bonds is 10. The molecule has 0 aliphatic carbocycles. The molecule has 9 heteroatoms. The van der Waals surface area contributed by atoms with Crippen molar-refractivity contribution in [2.75, 3.05) is 31.4 Å². The lowest BCUT2D eigenvalue weighted by Gasteiger charge is -2.13. The maximum Gasteiger partial charge on any atom is 0.339 e. The Morgan fingerprint density at radius 3 is 2.66 bits per heavy atom. The number of anilines is 1. The first-order chi connectivity index (χ1) is 15.5. The van der Waals surface area contributed by atoms with Crippen LogP contribution in [0.25, 0.3) is 10.9 Å². The number of methoxy groups -OCH3 is 1. The van der Waals surface area contributed by atoms with Gasteiger partial charge in [-0.1, -0.05) is 36.0 Å². The van der Waals surface area contributed by atoms with E-state index < -0.39 is 5.97 Å². The fourth-order valence-corrected chi connectivity index (χ4v) is 3.95. The van der Waals surface area contributed by atoms with E-state index in [1.807, 2.05) is 13.0 Å². The minimum atomic E-state index is -0.534. The second-order valence-corrected chi connectivity index (χ2v) is 7.74. The molecule has 3 aromatic rings. The summed E-state index contributed by atoms with van der Waals surface area (Å²) in [6.07, 6.45) is 0.653. The van der Waals surface area contributed by atoms with E-state index in [1.54, 1.807) is 47.0 Å². The van der Waals surface area contributed by atoms with Crippen LogP contribution in [0.4, 0.5) is 5.69 Å². The molecule has 1 amide bonds. The summed E-state index contributed by atoms with van der Waals surface area (Å²) in [5.41, 5.74) is 1.07. The minimum absolute atomic E-state index is 0.0196. The third-order valence-corrected chi connectivity index (χ3v) is 5.62. The van der Waals surface area contributed by atoms with Gasteiger partial charge in [-0.05, 0) is 37.6 Å². The van der Waals surface area contributed by atoms with Gasteiger partial charge in [-0.15, -0.1) is 0 Å². The molecule has 32 heavy (non-hydrogen) atoms. The predicted molar refractivity (Wildman–Crippen MR) is 124 cm³/mol. The molecule has 3 rings (SSSR count). The molecule has 1 N–H and O–H groups in total. The van der Waals surface area contributed by atoms with Gasteiger partial charge >= 0.3 is 5.97 Å². The average Bonchev–Trinajstić information content (AvgIpc) is 2.81. The zero-order chi connectivity index (χ0) is 22.9. The molecule has 0 saturated carbocycles. The fourth-order valence-electron chi connectivity index (χ4n) is 3.12. The number of nitrogens with one attached hydrogen (secondary N) is 1. The molecule has 0 bridgehead atoms. The summed E-state index contributed by atoms with van der Waals surface area (Å²) in [6.45, 7) is 3.50. The number of esters is 1. The molecular weight excluding hydrogens is 430 g/mol. The van der Waals surface area contributed by atoms with Crippen LogP contribution in [0.15, 0.2) is 58.5 Å². The van der Waals surface area contributed by atoms with E-state index in [-0.39, 0.29) is 22.8 Å². The quantitative estimate of drug-likeness (QED) is 0.217. The Balaban J connectivity index is 1.78. The van der Waals surface area contributed by atoms with Crippen molar-refractivity contribution < 1.29 is 19.1 Å². The zero-order valence-electron chi connectivity index (χ0n) is 18.0. The second kappa shape index (κ2) is 11.4. The number of benzene rings is 2. The van der Waals surface area contributed by atoms with Crippen LogP contribution in [0.2, 0.25) is 0 Å². The first-order valence-electron chi connectivity index (χ1n) is 10.2. The predicted octanol–water partition coefficient (Wildman–Crippen LogP) is 3.34. The Morgan fingerprint density at radius 2 is 1.88 bits per heavy atom. The SMILES string of the molecule is CCOCCCn1c(SCC(=O)Nc2ccccc2C(=O)OC)nc2ccccc2c1=O. The molecule has 0 unspecified atom stereocenters. The lowest BCUT2D eigenvalue weighted by Crippen LogP contribution is -2.25. The van der Waals surface area contributed by atoms with Crippen LogP contribution < -0.4 is 10.9 Å². The Morgan fingerprint density at radius 1 is 1.12 bits per heavy atom. The minimum Gasteiger partial charge on any atom is -0.465 e. The maximum atomic E-state index is 13.0. The Kier molecular flexibility index (Phi) is 8.41. The molecule has 0 saturated heterocycles. The number of fused-ring (bicyclic) bond motifs is 1. The van der Waals surface area contributed by atoms with E-state index >= 15 is 0 Å². The summed E-state index contributed by atoms with van der Waals surface area (Å²) in [4.78, 5) is 42.1. The van der Waals surface area contributed by atoms with Gasteiger partial charge in [0.25, 0.3) is 5.56 Å². The van der Waals surface area contributed by atoms with Gasteiger partial charge in [0.2, 0.25) is 5.91 Å². The van der Waals surface area contributed by atoms with Gasteiger partial charge in [0.1, 0.15) is 0 Å². The van der Waals surface area contributed by atoms with Crippen LogP contribution >= 0.6 is 11.8 Å². The number of aromatic nitrogens is 2. The number of para-hydroxylation sites is 2. The highest BCUT2D eigenvalue weighted by molar-refractivity contribution is 7.99. The van der Waals surface area contributed by atoms with E-state index in [0.29, 0.717) is 47.9 Å². The van der Waals surface area contributed by atoms with E-state index in [4.69, 9.17) is 9.47 Å². The smallest absolute Gasteiger partial charge is 0.339 e. The summed E-state index contributed by atoms with van der Waals surface area (Å²) < 4.78 is 11.7. The number of nitrogens with zero attached hydrogens (tertiary/aromatic N) is 2. The van der Waals surface area contributed by atoms with Crippen LogP contribution in [0.5, 0.6) is 0 Å². The van der Waals surface area contributed by atoms with Gasteiger partial charge in [0.05, 0.1) is 35.0 Å². The normalized spacial score (nSPS) is 10.8. The molecule has 0 fully saturated rings. The van der Waals surface area contributed by atoms with E-state index in [0.717, 1.165) is 0 Å². The van der Waals surface area contributed by atoms with E-state index in [2.05, 4.69) is 10.3 Å². The van der Waals surface area contributed by atoms with Crippen molar-refractivity contribution in [3.8, 4) is 0 Å². The lowest BCUT2D eigenvalue weighted by molar-refractivity contribution is -0.113. The summed E-state index contributed by atoms with van der Waals surface area (Å²) in [5.74, 6) is -0.839. The largest absolute Gasteiger partial charge is 0.465 e. The van der Waals surface area contributed by atoms with Gasteiger partial charge in [-0.2, -0.15) is 0 Å². The van der Waals surface area contributed by atoms with Gasteiger partial charge < -0.3 is 14.8 Å². The Hall–Kier alpha value is -3.17. The summed E-state index contributed by atoms with van der Waals surface area (Å²) >= 11 is 1.17. The average molecular weight is 456 g/mol. The van der Waals surface area contributed by atoms with Gasteiger partial charge in [0.15, 0.2) is 5.16 Å². The third-order valence-electron chi connectivity index (χ3n) is 4.64. The number of hydrogen-bond donors (Lipinski definition) is 1. The maximum absolute atomic E-state index is 13.0. The molecule has 0 atom stereocenters. The standard InChI is InChI=1S/C23H25N3O5S/c1-3-31-14-8-13-26-21(28)16-9-4-6-11-18(16)25-23(26)32-15-20(27)24-19-12-7-5-10-17(19)22(29)30-2/h4-7,9-12H,3,8,13-15H2,1-2H3,(H,24,27). The van der Waals surface area contributed by atoms with Crippen molar-refractivity contribution in [3.05, 3.63) is 64.4 Å². The van der Waals surface area contributed by atoms with E-state index in [1.165, 1.54) is 18.9 Å².